The Morgan fingerprint density at radius 1 is 1.16 bits per heavy atom. The summed E-state index contributed by atoms with van der Waals surface area (Å²) in [6.45, 7) is 2.25. The van der Waals surface area contributed by atoms with E-state index in [9.17, 15) is 9.59 Å². The largest absolute Gasteiger partial charge is 0.383 e. The molecule has 0 radical (unpaired) electrons. The molecule has 0 spiro atoms. The number of hydrogen-bond donors (Lipinski definition) is 2. The fourth-order valence-electron chi connectivity index (χ4n) is 3.06. The van der Waals surface area contributed by atoms with Crippen molar-refractivity contribution in [1.82, 2.24) is 15.1 Å². The van der Waals surface area contributed by atoms with Crippen molar-refractivity contribution in [2.75, 3.05) is 12.3 Å². The minimum atomic E-state index is -0.343. The standard InChI is InChI=1S/C23H20N6O2/c1-15-7-8-18(23(31)27-10-3-2-9-24)12-20(15)29-22(26)19(14-28-29)21(30)17-6-4-5-16(11-17)13-25/h4-8,11-12,14H,2-3,10,26H2,1H3,(H,27,31). The van der Waals surface area contributed by atoms with Gasteiger partial charge >= 0.3 is 0 Å². The molecule has 0 unspecified atom stereocenters. The van der Waals surface area contributed by atoms with E-state index in [2.05, 4.69) is 10.4 Å². The van der Waals surface area contributed by atoms with Crippen LogP contribution >= 0.6 is 0 Å². The average molecular weight is 412 g/mol. The summed E-state index contributed by atoms with van der Waals surface area (Å²) in [5.74, 6) is -0.471. The Hall–Kier alpha value is -4.43. The molecule has 0 aliphatic heterocycles. The lowest BCUT2D eigenvalue weighted by Crippen LogP contribution is -2.24. The zero-order valence-corrected chi connectivity index (χ0v) is 16.9. The van der Waals surface area contributed by atoms with Crippen LogP contribution in [-0.2, 0) is 0 Å². The predicted molar refractivity (Wildman–Crippen MR) is 114 cm³/mol. The van der Waals surface area contributed by atoms with Crippen LogP contribution in [0, 0.1) is 29.6 Å². The number of nitrogens with two attached hydrogens (primary N) is 1. The summed E-state index contributed by atoms with van der Waals surface area (Å²) in [6, 6.07) is 15.5. The van der Waals surface area contributed by atoms with Crippen molar-refractivity contribution in [2.24, 2.45) is 0 Å². The van der Waals surface area contributed by atoms with Gasteiger partial charge in [0.2, 0.25) is 0 Å². The summed E-state index contributed by atoms with van der Waals surface area (Å²) in [7, 11) is 0. The van der Waals surface area contributed by atoms with Crippen molar-refractivity contribution in [1.29, 1.82) is 10.5 Å². The van der Waals surface area contributed by atoms with Gasteiger partial charge in [0.1, 0.15) is 5.82 Å². The van der Waals surface area contributed by atoms with Crippen molar-refractivity contribution < 1.29 is 9.59 Å². The zero-order chi connectivity index (χ0) is 22.4. The molecule has 0 fully saturated rings. The van der Waals surface area contributed by atoms with Gasteiger partial charge in [-0.1, -0.05) is 18.2 Å². The Labute approximate surface area is 179 Å². The molecule has 2 aromatic carbocycles. The Kier molecular flexibility index (Phi) is 6.44. The summed E-state index contributed by atoms with van der Waals surface area (Å²) in [4.78, 5) is 25.3. The molecule has 0 aliphatic rings. The number of carbonyl (C=O) groups excluding carboxylic acids is 2. The topological polar surface area (TPSA) is 138 Å². The number of aromatic nitrogens is 2. The lowest BCUT2D eigenvalue weighted by atomic mass is 10.0. The summed E-state index contributed by atoms with van der Waals surface area (Å²) in [6.07, 6.45) is 2.33. The highest BCUT2D eigenvalue weighted by Gasteiger charge is 2.19. The number of nitrogens with one attached hydrogen (secondary N) is 1. The summed E-state index contributed by atoms with van der Waals surface area (Å²) < 4.78 is 1.42. The fourth-order valence-corrected chi connectivity index (χ4v) is 3.06. The van der Waals surface area contributed by atoms with Gasteiger partial charge in [-0.05, 0) is 43.2 Å². The van der Waals surface area contributed by atoms with Gasteiger partial charge in [-0.2, -0.15) is 15.6 Å². The number of rotatable bonds is 7. The number of carbonyl (C=O) groups is 2. The molecular formula is C23H20N6O2. The summed E-state index contributed by atoms with van der Waals surface area (Å²) in [5, 5.41) is 24.7. The number of nitrogen functional groups attached to an aromatic ring is 1. The highest BCUT2D eigenvalue weighted by atomic mass is 16.1. The highest BCUT2D eigenvalue weighted by Crippen LogP contribution is 2.23. The van der Waals surface area contributed by atoms with Gasteiger partial charge in [0, 0.05) is 24.1 Å². The van der Waals surface area contributed by atoms with Crippen molar-refractivity contribution in [3.63, 3.8) is 0 Å². The number of amides is 1. The van der Waals surface area contributed by atoms with Gasteiger partial charge in [0.05, 0.1) is 35.1 Å². The van der Waals surface area contributed by atoms with Gasteiger partial charge < -0.3 is 11.1 Å². The molecule has 8 heteroatoms. The second kappa shape index (κ2) is 9.38. The zero-order valence-electron chi connectivity index (χ0n) is 16.9. The van der Waals surface area contributed by atoms with Crippen LogP contribution < -0.4 is 11.1 Å². The quantitative estimate of drug-likeness (QED) is 0.452. The van der Waals surface area contributed by atoms with E-state index in [0.29, 0.717) is 41.8 Å². The molecule has 1 heterocycles. The number of aryl methyl sites for hydroxylation is 1. The number of nitriles is 2. The maximum atomic E-state index is 12.9. The first-order valence-corrected chi connectivity index (χ1v) is 9.60. The predicted octanol–water partition coefficient (Wildman–Crippen LogP) is 2.90. The van der Waals surface area contributed by atoms with Crippen LogP contribution in [0.5, 0.6) is 0 Å². The van der Waals surface area contributed by atoms with Crippen LogP contribution in [0.1, 0.15) is 50.2 Å². The maximum absolute atomic E-state index is 12.9. The molecule has 8 nitrogen and oxygen atoms in total. The molecule has 0 saturated heterocycles. The van der Waals surface area contributed by atoms with E-state index in [1.165, 1.54) is 16.9 Å². The monoisotopic (exact) mass is 412 g/mol. The van der Waals surface area contributed by atoms with E-state index in [1.807, 2.05) is 19.1 Å². The molecule has 0 saturated carbocycles. The first kappa shape index (κ1) is 21.3. The fraction of sp³-hybridized carbons (Fsp3) is 0.174. The van der Waals surface area contributed by atoms with Crippen molar-refractivity contribution in [3.8, 4) is 17.8 Å². The molecule has 1 amide bonds. The van der Waals surface area contributed by atoms with Crippen molar-refractivity contribution in [3.05, 3.63) is 76.5 Å². The van der Waals surface area contributed by atoms with Crippen LogP contribution in [0.15, 0.2) is 48.7 Å². The van der Waals surface area contributed by atoms with Gasteiger partial charge in [-0.15, -0.1) is 0 Å². The number of benzene rings is 2. The van der Waals surface area contributed by atoms with E-state index in [-0.39, 0.29) is 23.1 Å². The number of hydrogen-bond acceptors (Lipinski definition) is 6. The van der Waals surface area contributed by atoms with E-state index >= 15 is 0 Å². The van der Waals surface area contributed by atoms with Gasteiger partial charge in [0.15, 0.2) is 5.78 Å². The Balaban J connectivity index is 1.89. The van der Waals surface area contributed by atoms with E-state index in [4.69, 9.17) is 16.3 Å². The normalized spacial score (nSPS) is 10.2. The van der Waals surface area contributed by atoms with Crippen LogP contribution in [0.3, 0.4) is 0 Å². The molecule has 154 valence electrons. The summed E-state index contributed by atoms with van der Waals surface area (Å²) >= 11 is 0. The van der Waals surface area contributed by atoms with Crippen LogP contribution in [0.2, 0.25) is 0 Å². The number of ketones is 1. The lowest BCUT2D eigenvalue weighted by Gasteiger charge is -2.11. The molecule has 0 bridgehead atoms. The molecule has 0 atom stereocenters. The van der Waals surface area contributed by atoms with E-state index in [0.717, 1.165) is 5.56 Å². The third kappa shape index (κ3) is 4.60. The van der Waals surface area contributed by atoms with Crippen LogP contribution in [0.4, 0.5) is 5.82 Å². The molecule has 3 aromatic rings. The van der Waals surface area contributed by atoms with Gasteiger partial charge in [0.25, 0.3) is 5.91 Å². The number of nitrogens with zero attached hydrogens (tertiary/aromatic N) is 4. The molecule has 3 rings (SSSR count). The molecule has 3 N–H and O–H groups in total. The SMILES string of the molecule is Cc1ccc(C(=O)NCCCC#N)cc1-n1ncc(C(=O)c2cccc(C#N)c2)c1N. The first-order valence-electron chi connectivity index (χ1n) is 9.60. The molecular weight excluding hydrogens is 392 g/mol. The summed E-state index contributed by atoms with van der Waals surface area (Å²) in [5.41, 5.74) is 8.98. The second-order valence-corrected chi connectivity index (χ2v) is 6.90. The minimum absolute atomic E-state index is 0.141. The maximum Gasteiger partial charge on any atom is 0.251 e. The second-order valence-electron chi connectivity index (χ2n) is 6.90. The number of anilines is 1. The van der Waals surface area contributed by atoms with E-state index < -0.39 is 0 Å². The first-order chi connectivity index (χ1) is 15.0. The van der Waals surface area contributed by atoms with Gasteiger partial charge in [-0.3, -0.25) is 9.59 Å². The molecule has 31 heavy (non-hydrogen) atoms. The number of unbranched alkanes of at least 4 members (excludes halogenated alkanes) is 1. The average Bonchev–Trinajstić information content (AvgIpc) is 3.17. The van der Waals surface area contributed by atoms with Crippen LogP contribution in [0.25, 0.3) is 5.69 Å². The minimum Gasteiger partial charge on any atom is -0.383 e. The Morgan fingerprint density at radius 3 is 2.71 bits per heavy atom. The smallest absolute Gasteiger partial charge is 0.251 e. The highest BCUT2D eigenvalue weighted by molar-refractivity contribution is 6.11. The van der Waals surface area contributed by atoms with E-state index in [1.54, 1.807) is 36.4 Å². The van der Waals surface area contributed by atoms with Crippen molar-refractivity contribution >= 4 is 17.5 Å². The Morgan fingerprint density at radius 2 is 1.97 bits per heavy atom. The third-order valence-electron chi connectivity index (χ3n) is 4.76. The molecule has 0 aliphatic carbocycles. The lowest BCUT2D eigenvalue weighted by molar-refractivity contribution is 0.0952. The van der Waals surface area contributed by atoms with Gasteiger partial charge in [-0.25, -0.2) is 4.68 Å². The van der Waals surface area contributed by atoms with Crippen molar-refractivity contribution in [2.45, 2.75) is 19.8 Å². The Bertz CT molecular complexity index is 1230. The third-order valence-corrected chi connectivity index (χ3v) is 4.76. The molecule has 1 aromatic heterocycles. The van der Waals surface area contributed by atoms with Crippen LogP contribution in [-0.4, -0.2) is 28.0 Å².